The number of hydrogen-bond acceptors (Lipinski definition) is 6. The van der Waals surface area contributed by atoms with Crippen molar-refractivity contribution in [1.29, 1.82) is 5.41 Å². The van der Waals surface area contributed by atoms with Crippen LogP contribution in [0.4, 0.5) is 18.9 Å². The number of hydrogen-bond donors (Lipinski definition) is 2. The number of aromatic nitrogens is 1. The smallest absolute Gasteiger partial charge is 0.432 e. The van der Waals surface area contributed by atoms with Crippen LogP contribution in [0, 0.1) is 12.3 Å². The Hall–Kier alpha value is -3.17. The second-order valence-electron chi connectivity index (χ2n) is 6.90. The van der Waals surface area contributed by atoms with Gasteiger partial charge in [-0.3, -0.25) is 5.41 Å². The van der Waals surface area contributed by atoms with Gasteiger partial charge in [0.15, 0.2) is 0 Å². The van der Waals surface area contributed by atoms with E-state index in [0.717, 1.165) is 10.6 Å². The number of carbonyl (C=O) groups excluding carboxylic acids is 1. The monoisotopic (exact) mass is 493 g/mol. The predicted octanol–water partition coefficient (Wildman–Crippen LogP) is 6.54. The molecule has 0 aliphatic rings. The summed E-state index contributed by atoms with van der Waals surface area (Å²) in [5.74, 6) is -0.545. The largest absolute Gasteiger partial charge is 0.462 e. The fourth-order valence-corrected chi connectivity index (χ4v) is 3.74. The fourth-order valence-electron chi connectivity index (χ4n) is 2.80. The maximum absolute atomic E-state index is 13.0. The van der Waals surface area contributed by atoms with Crippen molar-refractivity contribution in [2.45, 2.75) is 19.5 Å². The summed E-state index contributed by atoms with van der Waals surface area (Å²) in [5, 5.41) is 10.5. The summed E-state index contributed by atoms with van der Waals surface area (Å²) < 4.78 is 44.2. The van der Waals surface area contributed by atoms with Gasteiger partial charge in [0, 0.05) is 17.0 Å². The highest BCUT2D eigenvalue weighted by atomic mass is 35.5. The lowest BCUT2D eigenvalue weighted by Gasteiger charge is -2.15. The van der Waals surface area contributed by atoms with E-state index in [1.54, 1.807) is 29.8 Å². The lowest BCUT2D eigenvalue weighted by molar-refractivity contribution is -0.0583. The molecule has 1 heterocycles. The Balaban J connectivity index is 1.76. The molecule has 0 bridgehead atoms. The van der Waals surface area contributed by atoms with E-state index in [0.29, 0.717) is 28.8 Å². The zero-order chi connectivity index (χ0) is 24.0. The van der Waals surface area contributed by atoms with Gasteiger partial charge in [-0.2, -0.15) is 13.2 Å². The van der Waals surface area contributed by atoms with Crippen LogP contribution in [0.5, 0.6) is 0 Å². The van der Waals surface area contributed by atoms with Crippen molar-refractivity contribution in [3.05, 3.63) is 86.8 Å². The molecule has 2 N–H and O–H groups in total. The third-order valence-corrected chi connectivity index (χ3v) is 5.90. The number of nitrogens with zero attached hydrogens (tertiary/aromatic N) is 1. The number of nitrogens with one attached hydrogen (secondary N) is 2. The van der Waals surface area contributed by atoms with E-state index in [1.165, 1.54) is 35.6 Å². The van der Waals surface area contributed by atoms with E-state index in [1.807, 2.05) is 6.92 Å². The number of para-hydroxylation sites is 1. The topological polar surface area (TPSA) is 75.1 Å². The van der Waals surface area contributed by atoms with E-state index < -0.39 is 17.9 Å². The zero-order valence-corrected chi connectivity index (χ0v) is 18.9. The molecule has 0 saturated heterocycles. The molecule has 3 aromatic rings. The highest BCUT2D eigenvalue weighted by molar-refractivity contribution is 7.09. The molecular weight excluding hydrogens is 475 g/mol. The molecule has 172 valence electrons. The first-order chi connectivity index (χ1) is 15.6. The molecule has 2 aromatic carbocycles. The molecule has 0 radical (unpaired) electrons. The molecule has 0 unspecified atom stereocenters. The van der Waals surface area contributed by atoms with Crippen LogP contribution in [0.25, 0.3) is 5.70 Å². The van der Waals surface area contributed by atoms with Gasteiger partial charge >= 0.3 is 12.1 Å². The first-order valence-electron chi connectivity index (χ1n) is 9.70. The fraction of sp³-hybridized carbons (Fsp3) is 0.174. The maximum Gasteiger partial charge on any atom is 0.432 e. The van der Waals surface area contributed by atoms with Crippen molar-refractivity contribution >= 4 is 46.0 Å². The quantitative estimate of drug-likeness (QED) is 0.276. The summed E-state index contributed by atoms with van der Waals surface area (Å²) in [5.41, 5.74) is 2.07. The third-order valence-electron chi connectivity index (χ3n) is 4.58. The lowest BCUT2D eigenvalue weighted by Crippen LogP contribution is -2.20. The summed E-state index contributed by atoms with van der Waals surface area (Å²) in [4.78, 5) is 17.5. The van der Waals surface area contributed by atoms with Crippen LogP contribution >= 0.6 is 22.9 Å². The molecule has 5 nitrogen and oxygen atoms in total. The van der Waals surface area contributed by atoms with E-state index in [2.05, 4.69) is 10.3 Å². The highest BCUT2D eigenvalue weighted by Crippen LogP contribution is 2.27. The van der Waals surface area contributed by atoms with E-state index in [-0.39, 0.29) is 17.9 Å². The van der Waals surface area contributed by atoms with Crippen molar-refractivity contribution in [2.75, 3.05) is 11.9 Å². The van der Waals surface area contributed by atoms with Gasteiger partial charge in [-0.15, -0.1) is 11.3 Å². The Bertz CT molecular complexity index is 1170. The molecule has 3 rings (SSSR count). The van der Waals surface area contributed by atoms with Gasteiger partial charge in [-0.05, 0) is 42.8 Å². The number of rotatable bonds is 8. The molecule has 0 amide bonds. The van der Waals surface area contributed by atoms with Crippen molar-refractivity contribution < 1.29 is 22.7 Å². The summed E-state index contributed by atoms with van der Waals surface area (Å²) in [6.07, 6.45) is -3.59. The normalized spacial score (nSPS) is 11.8. The number of carbonyl (C=O) groups is 1. The van der Waals surface area contributed by atoms with Crippen LogP contribution in [0.2, 0.25) is 5.02 Å². The molecule has 0 saturated carbocycles. The van der Waals surface area contributed by atoms with Crippen molar-refractivity contribution in [2.24, 2.45) is 0 Å². The van der Waals surface area contributed by atoms with E-state index in [4.69, 9.17) is 21.7 Å². The Labute approximate surface area is 197 Å². The number of alkyl halides is 3. The number of thiazole rings is 1. The molecule has 0 fully saturated rings. The molecule has 0 aliphatic carbocycles. The maximum atomic E-state index is 13.0. The second-order valence-corrected chi connectivity index (χ2v) is 8.25. The van der Waals surface area contributed by atoms with Gasteiger partial charge in [0.25, 0.3) is 0 Å². The van der Waals surface area contributed by atoms with Gasteiger partial charge in [0.2, 0.25) is 0 Å². The van der Waals surface area contributed by atoms with Crippen LogP contribution in [-0.4, -0.2) is 29.4 Å². The van der Waals surface area contributed by atoms with Gasteiger partial charge < -0.3 is 10.1 Å². The minimum atomic E-state index is -4.81. The van der Waals surface area contributed by atoms with E-state index >= 15 is 0 Å². The number of allylic oxidation sites excluding steroid dienone is 1. The zero-order valence-electron chi connectivity index (χ0n) is 17.4. The number of aryl methyl sites for hydroxylation is 1. The minimum absolute atomic E-state index is 0.00557. The Morgan fingerprint density at radius 3 is 2.45 bits per heavy atom. The van der Waals surface area contributed by atoms with E-state index in [9.17, 15) is 18.0 Å². The Morgan fingerprint density at radius 2 is 1.85 bits per heavy atom. The molecule has 0 atom stereocenters. The summed E-state index contributed by atoms with van der Waals surface area (Å²) in [7, 11) is 0. The molecule has 0 aliphatic heterocycles. The second kappa shape index (κ2) is 10.6. The molecular formula is C23H19ClF3N3O2S. The predicted molar refractivity (Wildman–Crippen MR) is 124 cm³/mol. The average Bonchev–Trinajstić information content (AvgIpc) is 3.18. The molecule has 0 spiro atoms. The number of benzene rings is 2. The molecule has 33 heavy (non-hydrogen) atoms. The van der Waals surface area contributed by atoms with Gasteiger partial charge in [-0.1, -0.05) is 35.9 Å². The summed E-state index contributed by atoms with van der Waals surface area (Å²) >= 11 is 7.60. The number of halogens is 4. The minimum Gasteiger partial charge on any atom is -0.462 e. The Kier molecular flexibility index (Phi) is 7.88. The molecule has 1 aromatic heterocycles. The van der Waals surface area contributed by atoms with Crippen LogP contribution in [0.15, 0.2) is 60.1 Å². The first-order valence-corrected chi connectivity index (χ1v) is 11.0. The van der Waals surface area contributed by atoms with Crippen molar-refractivity contribution in [1.82, 2.24) is 4.98 Å². The van der Waals surface area contributed by atoms with Crippen molar-refractivity contribution in [3.63, 3.8) is 0 Å². The third kappa shape index (κ3) is 6.66. The number of esters is 1. The van der Waals surface area contributed by atoms with Crippen molar-refractivity contribution in [3.8, 4) is 0 Å². The van der Waals surface area contributed by atoms with Crippen LogP contribution in [0.3, 0.4) is 0 Å². The molecule has 10 heteroatoms. The average molecular weight is 494 g/mol. The standard InChI is InChI=1S/C23H19ClF3N3O2S/c1-14-20(33-13-29-14)10-11-32-22(31)16-8-6-15(7-9-16)19(12-21(28)23(25,26)27)30-18-5-3-2-4-17(18)24/h2-9,12-13,28,30H,10-11H2,1H3/b19-12-,28-21?. The SMILES string of the molecule is Cc1ncsc1CCOC(=O)c1ccc(/C(=C/C(=N)C(F)(F)F)Nc2ccccc2Cl)cc1. The van der Waals surface area contributed by atoms with Crippen LogP contribution < -0.4 is 5.32 Å². The Morgan fingerprint density at radius 1 is 1.18 bits per heavy atom. The van der Waals surface area contributed by atoms with Gasteiger partial charge in [0.05, 0.1) is 34.1 Å². The number of anilines is 1. The van der Waals surface area contributed by atoms with Gasteiger partial charge in [0.1, 0.15) is 5.71 Å². The first kappa shape index (κ1) is 24.5. The summed E-state index contributed by atoms with van der Waals surface area (Å²) in [6, 6.07) is 12.4. The lowest BCUT2D eigenvalue weighted by atomic mass is 10.1. The van der Waals surface area contributed by atoms with Gasteiger partial charge in [-0.25, -0.2) is 9.78 Å². The van der Waals surface area contributed by atoms with Crippen LogP contribution in [0.1, 0.15) is 26.5 Å². The highest BCUT2D eigenvalue weighted by Gasteiger charge is 2.33. The summed E-state index contributed by atoms with van der Waals surface area (Å²) in [6.45, 7) is 2.07. The van der Waals surface area contributed by atoms with Crippen LogP contribution in [-0.2, 0) is 11.2 Å². The number of ether oxygens (including phenoxy) is 1.